The average Bonchev–Trinajstić information content (AvgIpc) is 3.11. The Morgan fingerprint density at radius 2 is 2.00 bits per heavy atom. The number of benzene rings is 1. The molecule has 136 valence electrons. The number of likely N-dealkylation sites (tertiary alicyclic amines) is 1. The number of amides is 1. The molecule has 1 aromatic carbocycles. The standard InChI is InChI=1S/C20H22ClN3O2/c21-17-6-7-19(22-12-17)24-11-8-16-13-23(10-9-18(16)24)20(25)26-14-15-4-2-1-3-5-15/h1-7,12,16,18H,8-11,13-14H2/t16-,18+/m1/s1. The van der Waals surface area contributed by atoms with Gasteiger partial charge in [-0.1, -0.05) is 41.9 Å². The lowest BCUT2D eigenvalue weighted by Gasteiger charge is -2.37. The van der Waals surface area contributed by atoms with E-state index in [4.69, 9.17) is 16.3 Å². The van der Waals surface area contributed by atoms with E-state index in [2.05, 4.69) is 9.88 Å². The van der Waals surface area contributed by atoms with Crippen molar-refractivity contribution >= 4 is 23.5 Å². The van der Waals surface area contributed by atoms with E-state index in [0.29, 0.717) is 23.6 Å². The van der Waals surface area contributed by atoms with Crippen LogP contribution in [0.1, 0.15) is 18.4 Å². The molecule has 3 heterocycles. The molecule has 2 saturated heterocycles. The summed E-state index contributed by atoms with van der Waals surface area (Å²) in [6.07, 6.45) is 3.49. The molecule has 4 rings (SSSR count). The zero-order valence-electron chi connectivity index (χ0n) is 14.6. The van der Waals surface area contributed by atoms with Crippen molar-refractivity contribution in [1.29, 1.82) is 0 Å². The molecule has 2 atom stereocenters. The van der Waals surface area contributed by atoms with Crippen LogP contribution in [0, 0.1) is 5.92 Å². The van der Waals surface area contributed by atoms with Gasteiger partial charge in [-0.3, -0.25) is 0 Å². The smallest absolute Gasteiger partial charge is 0.410 e. The highest BCUT2D eigenvalue weighted by molar-refractivity contribution is 6.30. The van der Waals surface area contributed by atoms with Crippen LogP contribution in [0.2, 0.25) is 5.02 Å². The van der Waals surface area contributed by atoms with Crippen LogP contribution in [-0.4, -0.2) is 41.7 Å². The predicted molar refractivity (Wildman–Crippen MR) is 101 cm³/mol. The monoisotopic (exact) mass is 371 g/mol. The highest BCUT2D eigenvalue weighted by Gasteiger charge is 2.40. The molecule has 2 aliphatic heterocycles. The van der Waals surface area contributed by atoms with E-state index in [1.165, 1.54) is 0 Å². The zero-order chi connectivity index (χ0) is 17.9. The summed E-state index contributed by atoms with van der Waals surface area (Å²) in [5.41, 5.74) is 1.01. The molecule has 0 N–H and O–H groups in total. The Morgan fingerprint density at radius 3 is 2.77 bits per heavy atom. The second kappa shape index (κ2) is 7.54. The maximum atomic E-state index is 12.4. The fourth-order valence-corrected chi connectivity index (χ4v) is 4.10. The first-order chi connectivity index (χ1) is 12.7. The van der Waals surface area contributed by atoms with Gasteiger partial charge in [0.15, 0.2) is 0 Å². The van der Waals surface area contributed by atoms with Gasteiger partial charge in [0, 0.05) is 31.9 Å². The third-order valence-corrected chi connectivity index (χ3v) is 5.53. The Hall–Kier alpha value is -2.27. The van der Waals surface area contributed by atoms with Gasteiger partial charge in [-0.2, -0.15) is 0 Å². The number of carbonyl (C=O) groups excluding carboxylic acids is 1. The Kier molecular flexibility index (Phi) is 4.98. The molecule has 0 aliphatic carbocycles. The van der Waals surface area contributed by atoms with Crippen molar-refractivity contribution in [2.75, 3.05) is 24.5 Å². The number of nitrogens with zero attached hydrogens (tertiary/aromatic N) is 3. The Labute approximate surface area is 158 Å². The molecule has 6 heteroatoms. The number of halogens is 1. The number of hydrogen-bond acceptors (Lipinski definition) is 4. The molecule has 1 amide bonds. The van der Waals surface area contributed by atoms with E-state index in [1.807, 2.05) is 47.4 Å². The highest BCUT2D eigenvalue weighted by Crippen LogP contribution is 2.34. The van der Waals surface area contributed by atoms with Crippen molar-refractivity contribution in [2.24, 2.45) is 5.92 Å². The molecule has 2 aliphatic rings. The minimum Gasteiger partial charge on any atom is -0.445 e. The van der Waals surface area contributed by atoms with Crippen LogP contribution in [0.25, 0.3) is 0 Å². The summed E-state index contributed by atoms with van der Waals surface area (Å²) in [7, 11) is 0. The van der Waals surface area contributed by atoms with Crippen LogP contribution in [-0.2, 0) is 11.3 Å². The molecular weight excluding hydrogens is 350 g/mol. The third kappa shape index (κ3) is 3.63. The number of fused-ring (bicyclic) bond motifs is 1. The number of ether oxygens (including phenoxy) is 1. The fraction of sp³-hybridized carbons (Fsp3) is 0.400. The quantitative estimate of drug-likeness (QED) is 0.818. The van der Waals surface area contributed by atoms with E-state index in [9.17, 15) is 4.79 Å². The summed E-state index contributed by atoms with van der Waals surface area (Å²) < 4.78 is 5.49. The Morgan fingerprint density at radius 1 is 1.15 bits per heavy atom. The van der Waals surface area contributed by atoms with Crippen LogP contribution in [0.3, 0.4) is 0 Å². The Bertz CT molecular complexity index is 753. The van der Waals surface area contributed by atoms with Crippen LogP contribution in [0.5, 0.6) is 0 Å². The van der Waals surface area contributed by atoms with Gasteiger partial charge in [0.2, 0.25) is 0 Å². The van der Waals surface area contributed by atoms with E-state index < -0.39 is 0 Å². The lowest BCUT2D eigenvalue weighted by molar-refractivity contribution is 0.0780. The molecule has 2 aromatic rings. The molecule has 0 spiro atoms. The minimum atomic E-state index is -0.213. The average molecular weight is 372 g/mol. The van der Waals surface area contributed by atoms with Crippen LogP contribution < -0.4 is 4.90 Å². The molecule has 1 aromatic heterocycles. The summed E-state index contributed by atoms with van der Waals surface area (Å²) in [5, 5.41) is 0.653. The van der Waals surface area contributed by atoms with Gasteiger partial charge in [-0.05, 0) is 36.5 Å². The normalized spacial score (nSPS) is 22.2. The third-order valence-electron chi connectivity index (χ3n) is 5.30. The minimum absolute atomic E-state index is 0.213. The SMILES string of the molecule is O=C(OCc1ccccc1)N1CC[C@H]2[C@H](CCN2c2ccc(Cl)cn2)C1. The predicted octanol–water partition coefficient (Wildman–Crippen LogP) is 3.97. The maximum Gasteiger partial charge on any atom is 0.410 e. The number of hydrogen-bond donors (Lipinski definition) is 0. The van der Waals surface area contributed by atoms with Crippen LogP contribution >= 0.6 is 11.6 Å². The molecule has 0 radical (unpaired) electrons. The lowest BCUT2D eigenvalue weighted by atomic mass is 9.93. The zero-order valence-corrected chi connectivity index (χ0v) is 15.3. The van der Waals surface area contributed by atoms with Crippen molar-refractivity contribution in [2.45, 2.75) is 25.5 Å². The second-order valence-electron chi connectivity index (χ2n) is 6.92. The maximum absolute atomic E-state index is 12.4. The number of rotatable bonds is 3. The first kappa shape index (κ1) is 17.2. The summed E-state index contributed by atoms with van der Waals surface area (Å²) >= 11 is 5.94. The van der Waals surface area contributed by atoms with Gasteiger partial charge in [0.25, 0.3) is 0 Å². The molecule has 5 nitrogen and oxygen atoms in total. The topological polar surface area (TPSA) is 45.7 Å². The summed E-state index contributed by atoms with van der Waals surface area (Å²) in [6.45, 7) is 2.77. The number of piperidine rings is 1. The van der Waals surface area contributed by atoms with Crippen molar-refractivity contribution in [3.8, 4) is 0 Å². The van der Waals surface area contributed by atoms with Crippen molar-refractivity contribution in [3.63, 3.8) is 0 Å². The molecular formula is C20H22ClN3O2. The number of anilines is 1. The molecule has 26 heavy (non-hydrogen) atoms. The highest BCUT2D eigenvalue weighted by atomic mass is 35.5. The van der Waals surface area contributed by atoms with Crippen molar-refractivity contribution in [1.82, 2.24) is 9.88 Å². The van der Waals surface area contributed by atoms with E-state index in [1.54, 1.807) is 6.20 Å². The van der Waals surface area contributed by atoms with Gasteiger partial charge in [-0.25, -0.2) is 9.78 Å². The number of carbonyl (C=O) groups is 1. The number of pyridine rings is 1. The summed E-state index contributed by atoms with van der Waals surface area (Å²) in [6, 6.07) is 14.1. The van der Waals surface area contributed by atoms with E-state index in [0.717, 1.165) is 43.9 Å². The van der Waals surface area contributed by atoms with Gasteiger partial charge >= 0.3 is 6.09 Å². The van der Waals surface area contributed by atoms with Crippen molar-refractivity contribution in [3.05, 3.63) is 59.2 Å². The van der Waals surface area contributed by atoms with Crippen LogP contribution in [0.15, 0.2) is 48.7 Å². The van der Waals surface area contributed by atoms with Crippen LogP contribution in [0.4, 0.5) is 10.6 Å². The lowest BCUT2D eigenvalue weighted by Crippen LogP contribution is -2.48. The molecule has 0 saturated carbocycles. The van der Waals surface area contributed by atoms with E-state index in [-0.39, 0.29) is 6.09 Å². The van der Waals surface area contributed by atoms with E-state index >= 15 is 0 Å². The molecule has 0 unspecified atom stereocenters. The summed E-state index contributed by atoms with van der Waals surface area (Å²) in [4.78, 5) is 21.1. The van der Waals surface area contributed by atoms with Gasteiger partial charge in [0.05, 0.1) is 5.02 Å². The largest absolute Gasteiger partial charge is 0.445 e. The second-order valence-corrected chi connectivity index (χ2v) is 7.36. The fourth-order valence-electron chi connectivity index (χ4n) is 3.98. The molecule has 0 bridgehead atoms. The molecule has 2 fully saturated rings. The number of aromatic nitrogens is 1. The van der Waals surface area contributed by atoms with Gasteiger partial charge in [-0.15, -0.1) is 0 Å². The van der Waals surface area contributed by atoms with Gasteiger partial charge < -0.3 is 14.5 Å². The van der Waals surface area contributed by atoms with Crippen molar-refractivity contribution < 1.29 is 9.53 Å². The first-order valence-electron chi connectivity index (χ1n) is 9.04. The Balaban J connectivity index is 1.34. The first-order valence-corrected chi connectivity index (χ1v) is 9.42. The van der Waals surface area contributed by atoms with Gasteiger partial charge in [0.1, 0.15) is 12.4 Å². The summed E-state index contributed by atoms with van der Waals surface area (Å²) in [5.74, 6) is 1.44.